The molecule has 0 bridgehead atoms. The summed E-state index contributed by atoms with van der Waals surface area (Å²) in [5.41, 5.74) is 1.22. The largest absolute Gasteiger partial charge is 0.337 e. The van der Waals surface area contributed by atoms with E-state index in [9.17, 15) is 4.79 Å². The van der Waals surface area contributed by atoms with Crippen molar-refractivity contribution in [3.63, 3.8) is 0 Å². The lowest BCUT2D eigenvalue weighted by molar-refractivity contribution is 0.0704. The van der Waals surface area contributed by atoms with Gasteiger partial charge in [0.2, 0.25) is 0 Å². The Morgan fingerprint density at radius 2 is 1.83 bits per heavy atom. The van der Waals surface area contributed by atoms with E-state index in [1.807, 2.05) is 23.1 Å². The normalized spacial score (nSPS) is 16.5. The van der Waals surface area contributed by atoms with E-state index in [1.54, 1.807) is 12.1 Å². The number of hydrogen-bond acceptors (Lipinski definition) is 5. The molecule has 2 aliphatic heterocycles. The summed E-state index contributed by atoms with van der Waals surface area (Å²) in [6.45, 7) is 4.06. The van der Waals surface area contributed by atoms with Gasteiger partial charge in [-0.2, -0.15) is 0 Å². The third-order valence-corrected chi connectivity index (χ3v) is 5.91. The summed E-state index contributed by atoms with van der Waals surface area (Å²) < 4.78 is 2.24. The number of fused-ring (bicyclic) bond motifs is 2. The van der Waals surface area contributed by atoms with Gasteiger partial charge in [0, 0.05) is 42.5 Å². The lowest BCUT2D eigenvalue weighted by atomic mass is 9.95. The fourth-order valence-electron chi connectivity index (χ4n) is 4.13. The maximum Gasteiger partial charge on any atom is 0.272 e. The molecule has 0 atom stereocenters. The monoisotopic (exact) mass is 468 g/mol. The van der Waals surface area contributed by atoms with Crippen LogP contribution in [0.5, 0.6) is 0 Å². The second-order valence-corrected chi connectivity index (χ2v) is 7.84. The number of halogens is 3. The summed E-state index contributed by atoms with van der Waals surface area (Å²) in [6.07, 6.45) is 1.80. The first-order chi connectivity index (χ1) is 13.7. The number of pyridine rings is 1. The van der Waals surface area contributed by atoms with Crippen LogP contribution in [0.25, 0.3) is 10.9 Å². The van der Waals surface area contributed by atoms with E-state index in [1.165, 1.54) is 0 Å². The molecule has 0 unspecified atom stereocenters. The number of nitrogens with zero attached hydrogens (tertiary/aromatic N) is 5. The molecule has 2 aromatic heterocycles. The molecule has 30 heavy (non-hydrogen) atoms. The maximum absolute atomic E-state index is 12.9. The Morgan fingerprint density at radius 1 is 1.07 bits per heavy atom. The van der Waals surface area contributed by atoms with Gasteiger partial charge < -0.3 is 14.8 Å². The van der Waals surface area contributed by atoms with Crippen molar-refractivity contribution in [3.8, 4) is 0 Å². The Morgan fingerprint density at radius 3 is 2.63 bits per heavy atom. The van der Waals surface area contributed by atoms with Gasteiger partial charge in [-0.3, -0.25) is 4.79 Å². The Bertz CT molecular complexity index is 1050. The fourth-order valence-corrected chi connectivity index (χ4v) is 4.30. The molecule has 3 aromatic rings. The molecule has 10 heteroatoms. The first kappa shape index (κ1) is 22.7. The zero-order valence-electron chi connectivity index (χ0n) is 16.3. The molecule has 0 saturated carbocycles. The molecule has 1 aromatic carbocycles. The van der Waals surface area contributed by atoms with Crippen molar-refractivity contribution in [2.45, 2.75) is 31.8 Å². The number of carbonyl (C=O) groups excluding carboxylic acids is 1. The van der Waals surface area contributed by atoms with Crippen LogP contribution in [0.4, 0.5) is 0 Å². The molecule has 2 aliphatic rings. The standard InChI is InChI=1S/C20H21ClN6O.2ClH/c21-15-3-1-13-2-4-16(23-17(13)11-15)20(28)26-8-5-14(6-9-26)19-25-24-18-12-22-7-10-27(18)19;;/h1-4,11,14,22H,5-10,12H2;2*1H. The van der Waals surface area contributed by atoms with E-state index in [4.69, 9.17) is 11.6 Å². The van der Waals surface area contributed by atoms with E-state index in [-0.39, 0.29) is 30.7 Å². The summed E-state index contributed by atoms with van der Waals surface area (Å²) >= 11 is 6.06. The average Bonchev–Trinajstić information content (AvgIpc) is 3.17. The number of nitrogens with one attached hydrogen (secondary N) is 1. The second-order valence-electron chi connectivity index (χ2n) is 7.40. The van der Waals surface area contributed by atoms with Crippen LogP contribution < -0.4 is 5.32 Å². The van der Waals surface area contributed by atoms with E-state index in [2.05, 4.69) is 25.1 Å². The Hall–Kier alpha value is -1.93. The number of piperidine rings is 1. The quantitative estimate of drug-likeness (QED) is 0.622. The van der Waals surface area contributed by atoms with Crippen LogP contribution in [0, 0.1) is 0 Å². The zero-order chi connectivity index (χ0) is 19.1. The van der Waals surface area contributed by atoms with Gasteiger partial charge >= 0.3 is 0 Å². The van der Waals surface area contributed by atoms with Crippen LogP contribution in [0.3, 0.4) is 0 Å². The average molecular weight is 470 g/mol. The molecule has 1 amide bonds. The van der Waals surface area contributed by atoms with Crippen LogP contribution in [0.15, 0.2) is 30.3 Å². The molecule has 1 N–H and O–H groups in total. The minimum atomic E-state index is -0.0206. The van der Waals surface area contributed by atoms with Gasteiger partial charge in [-0.1, -0.05) is 23.7 Å². The van der Waals surface area contributed by atoms with Crippen LogP contribution in [0.1, 0.15) is 40.9 Å². The first-order valence-electron chi connectivity index (χ1n) is 9.67. The minimum absolute atomic E-state index is 0. The highest BCUT2D eigenvalue weighted by Gasteiger charge is 2.29. The van der Waals surface area contributed by atoms with Gasteiger partial charge in [0.15, 0.2) is 0 Å². The number of hydrogen-bond donors (Lipinski definition) is 1. The van der Waals surface area contributed by atoms with Crippen LogP contribution in [-0.4, -0.2) is 50.2 Å². The molecule has 1 fully saturated rings. The maximum atomic E-state index is 12.9. The van der Waals surface area contributed by atoms with Crippen LogP contribution in [0.2, 0.25) is 5.02 Å². The molecule has 0 spiro atoms. The highest BCUT2D eigenvalue weighted by Crippen LogP contribution is 2.28. The number of amides is 1. The predicted molar refractivity (Wildman–Crippen MR) is 121 cm³/mol. The number of likely N-dealkylation sites (tertiary alicyclic amines) is 1. The van der Waals surface area contributed by atoms with E-state index < -0.39 is 0 Å². The lowest BCUT2D eigenvalue weighted by Crippen LogP contribution is -2.39. The third-order valence-electron chi connectivity index (χ3n) is 5.67. The second kappa shape index (κ2) is 9.47. The van der Waals surface area contributed by atoms with Crippen molar-refractivity contribution in [1.82, 2.24) is 30.0 Å². The number of aromatic nitrogens is 4. The van der Waals surface area contributed by atoms with Crippen LogP contribution in [-0.2, 0) is 13.1 Å². The van der Waals surface area contributed by atoms with Crippen molar-refractivity contribution in [1.29, 1.82) is 0 Å². The van der Waals surface area contributed by atoms with E-state index in [0.29, 0.717) is 29.7 Å². The summed E-state index contributed by atoms with van der Waals surface area (Å²) in [6, 6.07) is 9.27. The van der Waals surface area contributed by atoms with Crippen molar-refractivity contribution in [3.05, 3.63) is 52.7 Å². The number of benzene rings is 1. The molecule has 1 saturated heterocycles. The number of rotatable bonds is 2. The Labute approximate surface area is 192 Å². The highest BCUT2D eigenvalue weighted by atomic mass is 35.5. The summed E-state index contributed by atoms with van der Waals surface area (Å²) in [5, 5.41) is 13.7. The summed E-state index contributed by atoms with van der Waals surface area (Å²) in [5.74, 6) is 2.42. The van der Waals surface area contributed by atoms with Crippen molar-refractivity contribution >= 4 is 53.2 Å². The smallest absolute Gasteiger partial charge is 0.272 e. The topological polar surface area (TPSA) is 75.9 Å². The van der Waals surface area contributed by atoms with Crippen molar-refractivity contribution in [2.75, 3.05) is 19.6 Å². The van der Waals surface area contributed by atoms with Crippen LogP contribution >= 0.6 is 36.4 Å². The molecule has 0 radical (unpaired) electrons. The third kappa shape index (κ3) is 4.25. The van der Waals surface area contributed by atoms with Crippen molar-refractivity contribution in [2.24, 2.45) is 0 Å². The van der Waals surface area contributed by atoms with Gasteiger partial charge in [0.05, 0.1) is 12.1 Å². The van der Waals surface area contributed by atoms with E-state index >= 15 is 0 Å². The predicted octanol–water partition coefficient (Wildman–Crippen LogP) is 3.45. The van der Waals surface area contributed by atoms with Gasteiger partial charge in [-0.25, -0.2) is 4.98 Å². The van der Waals surface area contributed by atoms with Crippen molar-refractivity contribution < 1.29 is 4.79 Å². The molecule has 4 heterocycles. The van der Waals surface area contributed by atoms with E-state index in [0.717, 1.165) is 55.0 Å². The molecule has 0 aliphatic carbocycles. The SMILES string of the molecule is Cl.Cl.O=C(c1ccc2ccc(Cl)cc2n1)N1CCC(c2nnc3n2CCNC3)CC1. The molecule has 7 nitrogen and oxygen atoms in total. The molecular formula is C20H23Cl3N6O. The van der Waals surface area contributed by atoms with Gasteiger partial charge in [-0.15, -0.1) is 35.0 Å². The summed E-state index contributed by atoms with van der Waals surface area (Å²) in [4.78, 5) is 19.4. The highest BCUT2D eigenvalue weighted by molar-refractivity contribution is 6.31. The Balaban J connectivity index is 0.00000128. The fraction of sp³-hybridized carbons (Fsp3) is 0.400. The molecule has 5 rings (SSSR count). The molecule has 160 valence electrons. The van der Waals surface area contributed by atoms with Gasteiger partial charge in [-0.05, 0) is 31.0 Å². The van der Waals surface area contributed by atoms with Gasteiger partial charge in [0.25, 0.3) is 5.91 Å². The lowest BCUT2D eigenvalue weighted by Gasteiger charge is -2.32. The Kier molecular flexibility index (Phi) is 7.18. The summed E-state index contributed by atoms with van der Waals surface area (Å²) in [7, 11) is 0. The zero-order valence-corrected chi connectivity index (χ0v) is 18.6. The minimum Gasteiger partial charge on any atom is -0.337 e. The van der Waals surface area contributed by atoms with Gasteiger partial charge in [0.1, 0.15) is 17.3 Å². The number of carbonyl (C=O) groups is 1. The first-order valence-corrected chi connectivity index (χ1v) is 10.0. The molecular weight excluding hydrogens is 447 g/mol.